The fraction of sp³-hybridized carbons (Fsp3) is 0.361. The summed E-state index contributed by atoms with van der Waals surface area (Å²) in [5.74, 6) is 1.93. The average Bonchev–Trinajstić information content (AvgIpc) is 3.77. The van der Waals surface area contributed by atoms with Gasteiger partial charge in [0.25, 0.3) is 15.9 Å². The quantitative estimate of drug-likeness (QED) is 0.157. The Morgan fingerprint density at radius 1 is 0.979 bits per heavy atom. The molecule has 1 amide bonds. The van der Waals surface area contributed by atoms with Crippen molar-refractivity contribution >= 4 is 27.6 Å². The molecule has 1 spiro atoms. The molecule has 47 heavy (non-hydrogen) atoms. The highest BCUT2D eigenvalue weighted by Gasteiger charge is 2.50. The van der Waals surface area contributed by atoms with Crippen molar-refractivity contribution in [2.75, 3.05) is 24.8 Å². The van der Waals surface area contributed by atoms with E-state index < -0.39 is 15.6 Å². The van der Waals surface area contributed by atoms with Gasteiger partial charge in [0.05, 0.1) is 18.0 Å². The summed E-state index contributed by atoms with van der Waals surface area (Å²) in [7, 11) is -2.74. The molecule has 1 fully saturated rings. The van der Waals surface area contributed by atoms with E-state index in [0.717, 1.165) is 47.5 Å². The van der Waals surface area contributed by atoms with Crippen LogP contribution in [0, 0.1) is 13.8 Å². The summed E-state index contributed by atoms with van der Waals surface area (Å²) in [4.78, 5) is 20.9. The van der Waals surface area contributed by atoms with Crippen LogP contribution in [0.1, 0.15) is 61.5 Å². The number of aryl methyl sites for hydroxylation is 1. The van der Waals surface area contributed by atoms with E-state index in [-0.39, 0.29) is 23.4 Å². The third-order valence-corrected chi connectivity index (χ3v) is 10.7. The summed E-state index contributed by atoms with van der Waals surface area (Å²) in [5.41, 5.74) is 2.74. The van der Waals surface area contributed by atoms with Gasteiger partial charge < -0.3 is 14.0 Å². The second kappa shape index (κ2) is 13.3. The fourth-order valence-electron chi connectivity index (χ4n) is 6.33. The molecule has 1 aliphatic carbocycles. The first-order chi connectivity index (χ1) is 22.7. The summed E-state index contributed by atoms with van der Waals surface area (Å²) in [6.07, 6.45) is 4.22. The van der Waals surface area contributed by atoms with Gasteiger partial charge in [-0.25, -0.2) is 12.7 Å². The summed E-state index contributed by atoms with van der Waals surface area (Å²) >= 11 is 0. The molecule has 3 aromatic carbocycles. The number of aliphatic imine (C=N–C) groups is 1. The number of benzene rings is 3. The van der Waals surface area contributed by atoms with Gasteiger partial charge in [-0.05, 0) is 50.8 Å². The molecule has 6 rings (SSSR count). The van der Waals surface area contributed by atoms with Gasteiger partial charge in [0.2, 0.25) is 0 Å². The van der Waals surface area contributed by atoms with Gasteiger partial charge in [-0.3, -0.25) is 14.7 Å². The highest BCUT2D eigenvalue weighted by Crippen LogP contribution is 2.42. The first kappa shape index (κ1) is 32.5. The molecule has 2 heterocycles. The van der Waals surface area contributed by atoms with E-state index in [1.54, 1.807) is 43.0 Å². The third kappa shape index (κ3) is 6.05. The van der Waals surface area contributed by atoms with Crippen molar-refractivity contribution in [3.63, 3.8) is 0 Å². The van der Waals surface area contributed by atoms with E-state index in [1.807, 2.05) is 55.5 Å². The lowest BCUT2D eigenvalue weighted by Gasteiger charge is -2.24. The van der Waals surface area contributed by atoms with Gasteiger partial charge in [0.1, 0.15) is 29.6 Å². The van der Waals surface area contributed by atoms with Crippen molar-refractivity contribution in [1.29, 1.82) is 0 Å². The van der Waals surface area contributed by atoms with Crippen molar-refractivity contribution in [2.24, 2.45) is 4.99 Å². The predicted octanol–water partition coefficient (Wildman–Crippen LogP) is 6.65. The molecule has 1 aliphatic heterocycles. The van der Waals surface area contributed by atoms with Gasteiger partial charge >= 0.3 is 0 Å². The van der Waals surface area contributed by atoms with Crippen LogP contribution in [0.3, 0.4) is 0 Å². The number of methoxy groups -OCH3 is 1. The van der Waals surface area contributed by atoms with E-state index in [2.05, 4.69) is 5.16 Å². The number of nitrogens with zero attached hydrogens (tertiary/aromatic N) is 4. The second-order valence-corrected chi connectivity index (χ2v) is 13.9. The molecule has 246 valence electrons. The Morgan fingerprint density at radius 3 is 2.38 bits per heavy atom. The van der Waals surface area contributed by atoms with E-state index in [4.69, 9.17) is 19.0 Å². The van der Waals surface area contributed by atoms with Crippen LogP contribution in [0.4, 0.5) is 5.82 Å². The zero-order chi connectivity index (χ0) is 33.2. The minimum Gasteiger partial charge on any atom is -0.493 e. The SMILES string of the molecule is CCCOc1cc(CN2C(=O)C3(CCCC3)N=C2c2ccccc2)ccc1-c1ccccc1S(=O)(=O)N(COC)c1noc(C)c1C. The van der Waals surface area contributed by atoms with Gasteiger partial charge in [0.15, 0.2) is 5.82 Å². The number of sulfonamides is 1. The molecule has 0 unspecified atom stereocenters. The lowest BCUT2D eigenvalue weighted by Crippen LogP contribution is -2.40. The number of amides is 1. The minimum atomic E-state index is -4.17. The monoisotopic (exact) mass is 656 g/mol. The minimum absolute atomic E-state index is 0.0296. The molecule has 0 radical (unpaired) electrons. The van der Waals surface area contributed by atoms with Gasteiger partial charge in [0, 0.05) is 29.4 Å². The number of carbonyl (C=O) groups excluding carboxylic acids is 1. The normalized spacial score (nSPS) is 15.8. The smallest absolute Gasteiger partial charge is 0.268 e. The molecule has 0 atom stereocenters. The van der Waals surface area contributed by atoms with Crippen LogP contribution in [0.5, 0.6) is 5.75 Å². The molecule has 1 aromatic heterocycles. The molecular weight excluding hydrogens is 616 g/mol. The first-order valence-corrected chi connectivity index (χ1v) is 17.4. The Kier molecular flexibility index (Phi) is 9.20. The standard InChI is InChI=1S/C36H40N4O6S/c1-5-21-45-31-22-27(23-39-34(28-13-7-6-8-14-28)37-36(35(39)41)19-11-12-20-36)17-18-29(31)30-15-9-10-16-32(30)47(42,43)40(24-44-4)33-25(2)26(3)46-38-33/h6-10,13-18,22H,5,11-12,19-21,23-24H2,1-4H3. The molecule has 11 heteroatoms. The molecule has 1 saturated carbocycles. The highest BCUT2D eigenvalue weighted by atomic mass is 32.2. The van der Waals surface area contributed by atoms with Crippen molar-refractivity contribution < 1.29 is 27.2 Å². The maximum absolute atomic E-state index is 14.3. The number of carbonyl (C=O) groups is 1. The van der Waals surface area contributed by atoms with Gasteiger partial charge in [-0.1, -0.05) is 85.6 Å². The van der Waals surface area contributed by atoms with Crippen LogP contribution in [0.2, 0.25) is 0 Å². The van der Waals surface area contributed by atoms with E-state index >= 15 is 0 Å². The molecule has 4 aromatic rings. The van der Waals surface area contributed by atoms with E-state index in [1.165, 1.54) is 7.11 Å². The van der Waals surface area contributed by atoms with Crippen LogP contribution in [0.15, 0.2) is 87.2 Å². The van der Waals surface area contributed by atoms with Crippen LogP contribution in [-0.4, -0.2) is 56.2 Å². The molecule has 10 nitrogen and oxygen atoms in total. The largest absolute Gasteiger partial charge is 0.493 e. The molecular formula is C36H40N4O6S. The van der Waals surface area contributed by atoms with Crippen LogP contribution in [0.25, 0.3) is 11.1 Å². The number of anilines is 1. The number of aromatic nitrogens is 1. The zero-order valence-electron chi connectivity index (χ0n) is 27.2. The molecule has 0 bridgehead atoms. The summed E-state index contributed by atoms with van der Waals surface area (Å²) < 4.78 is 46.6. The molecule has 0 N–H and O–H groups in total. The average molecular weight is 657 g/mol. The van der Waals surface area contributed by atoms with Crippen molar-refractivity contribution in [3.8, 4) is 16.9 Å². The summed E-state index contributed by atoms with van der Waals surface area (Å²) in [6, 6.07) is 22.3. The third-order valence-electron chi connectivity index (χ3n) is 8.89. The Hall–Kier alpha value is -4.48. The Morgan fingerprint density at radius 2 is 1.70 bits per heavy atom. The first-order valence-electron chi connectivity index (χ1n) is 16.0. The van der Waals surface area contributed by atoms with Crippen molar-refractivity contribution in [1.82, 2.24) is 10.1 Å². The number of ether oxygens (including phenoxy) is 2. The summed E-state index contributed by atoms with van der Waals surface area (Å²) in [6.45, 7) is 5.99. The Bertz CT molecular complexity index is 1900. The molecule has 2 aliphatic rings. The lowest BCUT2D eigenvalue weighted by atomic mass is 9.98. The van der Waals surface area contributed by atoms with E-state index in [9.17, 15) is 13.2 Å². The zero-order valence-corrected chi connectivity index (χ0v) is 28.0. The maximum atomic E-state index is 14.3. The van der Waals surface area contributed by atoms with Crippen molar-refractivity contribution in [3.05, 3.63) is 95.2 Å². The van der Waals surface area contributed by atoms with Gasteiger partial charge in [-0.2, -0.15) is 0 Å². The van der Waals surface area contributed by atoms with Crippen LogP contribution >= 0.6 is 0 Å². The number of hydrogen-bond donors (Lipinski definition) is 0. The maximum Gasteiger partial charge on any atom is 0.268 e. The predicted molar refractivity (Wildman–Crippen MR) is 180 cm³/mol. The van der Waals surface area contributed by atoms with Crippen LogP contribution < -0.4 is 9.04 Å². The lowest BCUT2D eigenvalue weighted by molar-refractivity contribution is -0.131. The number of amidine groups is 1. The van der Waals surface area contributed by atoms with Crippen LogP contribution in [-0.2, 0) is 26.1 Å². The Balaban J connectivity index is 1.39. The number of rotatable bonds is 12. The van der Waals surface area contributed by atoms with E-state index in [0.29, 0.717) is 47.2 Å². The Labute approximate surface area is 276 Å². The number of hydrogen-bond acceptors (Lipinski definition) is 8. The fourth-order valence-corrected chi connectivity index (χ4v) is 7.92. The van der Waals surface area contributed by atoms with Crippen molar-refractivity contribution in [2.45, 2.75) is 69.9 Å². The van der Waals surface area contributed by atoms with Gasteiger partial charge in [-0.15, -0.1) is 0 Å². The second-order valence-electron chi connectivity index (χ2n) is 12.1. The summed E-state index contributed by atoms with van der Waals surface area (Å²) in [5, 5.41) is 4.03. The topological polar surface area (TPSA) is 115 Å². The molecule has 0 saturated heterocycles. The highest BCUT2D eigenvalue weighted by molar-refractivity contribution is 7.93.